The van der Waals surface area contributed by atoms with E-state index < -0.39 is 10.2 Å². The Bertz CT molecular complexity index is 303. The van der Waals surface area contributed by atoms with Gasteiger partial charge in [0.25, 0.3) is 10.2 Å². The second-order valence-corrected chi connectivity index (χ2v) is 2.10. The lowest BCUT2D eigenvalue weighted by atomic mass is 10.3. The van der Waals surface area contributed by atoms with E-state index in [0.29, 0.717) is 11.4 Å². The van der Waals surface area contributed by atoms with Gasteiger partial charge in [-0.3, -0.25) is 0 Å². The maximum absolute atomic E-state index is 8.36. The topological polar surface area (TPSA) is 179 Å². The second-order valence-electron chi connectivity index (χ2n) is 2.10. The summed E-state index contributed by atoms with van der Waals surface area (Å²) in [5.74, 6) is 0. The first-order chi connectivity index (χ1) is 7.27. The van der Waals surface area contributed by atoms with Crippen LogP contribution >= 0.6 is 0 Å². The maximum atomic E-state index is 8.36. The largest absolute Gasteiger partial charge is 0.397 e. The first-order valence-corrected chi connectivity index (χ1v) is 3.53. The van der Waals surface area contributed by atoms with Gasteiger partial charge in [-0.15, -0.1) is 20.2 Å². The van der Waals surface area contributed by atoms with Crippen molar-refractivity contribution in [3.63, 3.8) is 0 Å². The average Bonchev–Trinajstić information content (AvgIpc) is 2.08. The van der Waals surface area contributed by atoms with Gasteiger partial charge in [-0.25, -0.2) is 0 Å². The molecule has 0 saturated carbocycles. The molecule has 1 rings (SSSR count). The Morgan fingerprint density at radius 1 is 0.938 bits per heavy atom. The molecule has 0 amide bonds. The molecule has 10 nitrogen and oxygen atoms in total. The Morgan fingerprint density at radius 2 is 1.12 bits per heavy atom. The molecular formula is C6H10N4O6. The molecule has 90 valence electrons. The number of nitrogens with zero attached hydrogens (tertiary/aromatic N) is 2. The fourth-order valence-corrected chi connectivity index (χ4v) is 0.511. The normalized spacial score (nSPS) is 7.50. The Balaban J connectivity index is 0. The van der Waals surface area contributed by atoms with Crippen molar-refractivity contribution < 1.29 is 20.6 Å². The molecule has 0 heterocycles. The van der Waals surface area contributed by atoms with E-state index in [1.807, 2.05) is 12.1 Å². The number of nitrogens with two attached hydrogens (primary N) is 2. The van der Waals surface area contributed by atoms with Gasteiger partial charge in [-0.1, -0.05) is 12.1 Å². The lowest BCUT2D eigenvalue weighted by Crippen LogP contribution is -1.91. The van der Waals surface area contributed by atoms with Gasteiger partial charge < -0.3 is 21.9 Å². The summed E-state index contributed by atoms with van der Waals surface area (Å²) < 4.78 is 0. The Kier molecular flexibility index (Phi) is 8.63. The molecule has 0 bridgehead atoms. The fraction of sp³-hybridized carbons (Fsp3) is 0. The van der Waals surface area contributed by atoms with Gasteiger partial charge in [0.05, 0.1) is 11.4 Å². The number of para-hydroxylation sites is 2. The second kappa shape index (κ2) is 8.80. The lowest BCUT2D eigenvalue weighted by molar-refractivity contribution is -0.742. The Hall–Kier alpha value is -2.78. The van der Waals surface area contributed by atoms with Gasteiger partial charge in [-0.2, -0.15) is 0 Å². The predicted octanol–water partition coefficient (Wildman–Crippen LogP) is 0.156. The van der Waals surface area contributed by atoms with Crippen molar-refractivity contribution >= 4 is 11.4 Å². The summed E-state index contributed by atoms with van der Waals surface area (Å²) in [4.78, 5) is 16.7. The van der Waals surface area contributed by atoms with E-state index in [4.69, 9.17) is 42.1 Å². The molecule has 0 saturated heterocycles. The van der Waals surface area contributed by atoms with Gasteiger partial charge >= 0.3 is 0 Å². The molecule has 10 heteroatoms. The monoisotopic (exact) mass is 234 g/mol. The molecule has 1 aromatic carbocycles. The van der Waals surface area contributed by atoms with E-state index in [1.54, 1.807) is 12.1 Å². The van der Waals surface area contributed by atoms with Crippen molar-refractivity contribution in [1.82, 2.24) is 0 Å². The summed E-state index contributed by atoms with van der Waals surface area (Å²) in [6.45, 7) is 0. The number of rotatable bonds is 0. The summed E-state index contributed by atoms with van der Waals surface area (Å²) in [5, 5.41) is 27.3. The van der Waals surface area contributed by atoms with Crippen molar-refractivity contribution in [2.45, 2.75) is 0 Å². The van der Waals surface area contributed by atoms with Crippen LogP contribution in [-0.2, 0) is 0 Å². The lowest BCUT2D eigenvalue weighted by Gasteiger charge is -1.94. The van der Waals surface area contributed by atoms with Crippen LogP contribution in [0.25, 0.3) is 0 Å². The van der Waals surface area contributed by atoms with Crippen LogP contribution in [0, 0.1) is 20.2 Å². The minimum Gasteiger partial charge on any atom is -0.397 e. The van der Waals surface area contributed by atoms with E-state index in [2.05, 4.69) is 0 Å². The SMILES string of the molecule is Nc1ccccc1N.O=[N+]([O-])O.O=[N+]([O-])O. The molecule has 0 fully saturated rings. The van der Waals surface area contributed by atoms with E-state index in [1.165, 1.54) is 0 Å². The van der Waals surface area contributed by atoms with Crippen molar-refractivity contribution in [1.29, 1.82) is 0 Å². The van der Waals surface area contributed by atoms with Crippen LogP contribution in [-0.4, -0.2) is 20.6 Å². The van der Waals surface area contributed by atoms with Gasteiger partial charge in [0.1, 0.15) is 0 Å². The summed E-state index contributed by atoms with van der Waals surface area (Å²) >= 11 is 0. The van der Waals surface area contributed by atoms with Crippen molar-refractivity contribution in [3.05, 3.63) is 44.5 Å². The third-order valence-electron chi connectivity index (χ3n) is 0.996. The highest BCUT2D eigenvalue weighted by atomic mass is 16.9. The van der Waals surface area contributed by atoms with Crippen LogP contribution in [0.4, 0.5) is 11.4 Å². The summed E-state index contributed by atoms with van der Waals surface area (Å²) in [5.41, 5.74) is 12.1. The van der Waals surface area contributed by atoms with E-state index in [0.717, 1.165) is 0 Å². The molecule has 6 N–H and O–H groups in total. The average molecular weight is 234 g/mol. The van der Waals surface area contributed by atoms with Crippen LogP contribution in [0.3, 0.4) is 0 Å². The van der Waals surface area contributed by atoms with E-state index in [-0.39, 0.29) is 0 Å². The first-order valence-electron chi connectivity index (χ1n) is 3.53. The minimum absolute atomic E-state index is 0.646. The van der Waals surface area contributed by atoms with Crippen LogP contribution < -0.4 is 11.5 Å². The van der Waals surface area contributed by atoms with Gasteiger partial charge in [0.2, 0.25) is 0 Å². The zero-order valence-corrected chi connectivity index (χ0v) is 7.89. The molecule has 0 atom stereocenters. The molecule has 0 aliphatic rings. The van der Waals surface area contributed by atoms with E-state index in [9.17, 15) is 0 Å². The molecule has 1 aromatic rings. The molecule has 0 aromatic heterocycles. The number of benzene rings is 1. The third-order valence-corrected chi connectivity index (χ3v) is 0.996. The Morgan fingerprint density at radius 3 is 1.25 bits per heavy atom. The van der Waals surface area contributed by atoms with Gasteiger partial charge in [0.15, 0.2) is 0 Å². The smallest absolute Gasteiger partial charge is 0.291 e. The highest BCUT2D eigenvalue weighted by molar-refractivity contribution is 5.62. The Labute approximate surface area is 88.9 Å². The number of nitrogen functional groups attached to an aromatic ring is 2. The molecular weight excluding hydrogens is 224 g/mol. The van der Waals surface area contributed by atoms with Crippen molar-refractivity contribution in [2.24, 2.45) is 0 Å². The van der Waals surface area contributed by atoms with Gasteiger partial charge in [0, 0.05) is 0 Å². The summed E-state index contributed by atoms with van der Waals surface area (Å²) in [6, 6.07) is 7.25. The summed E-state index contributed by atoms with van der Waals surface area (Å²) in [6.07, 6.45) is 0. The predicted molar refractivity (Wildman–Crippen MR) is 52.8 cm³/mol. The third kappa shape index (κ3) is 17.3. The highest BCUT2D eigenvalue weighted by Gasteiger charge is 1.85. The first kappa shape index (κ1) is 15.7. The standard InChI is InChI=1S/C6H8N2.2HNO3/c7-5-3-1-2-4-6(5)8;2*2-1(3)4/h1-4H,7-8H2;2*(H,2,3,4). The molecule has 0 radical (unpaired) electrons. The van der Waals surface area contributed by atoms with Gasteiger partial charge in [-0.05, 0) is 12.1 Å². The summed E-state index contributed by atoms with van der Waals surface area (Å²) in [7, 11) is 0. The number of hydrogen-bond acceptors (Lipinski definition) is 6. The number of anilines is 2. The zero-order chi connectivity index (χ0) is 13.1. The minimum atomic E-state index is -1.50. The molecule has 0 aliphatic heterocycles. The molecule has 16 heavy (non-hydrogen) atoms. The van der Waals surface area contributed by atoms with Crippen molar-refractivity contribution in [2.75, 3.05) is 11.5 Å². The number of hydrogen-bond donors (Lipinski definition) is 4. The molecule has 0 spiro atoms. The van der Waals surface area contributed by atoms with Crippen LogP contribution in [0.1, 0.15) is 0 Å². The van der Waals surface area contributed by atoms with Crippen LogP contribution in [0.5, 0.6) is 0 Å². The highest BCUT2D eigenvalue weighted by Crippen LogP contribution is 2.10. The quantitative estimate of drug-likeness (QED) is 0.278. The van der Waals surface area contributed by atoms with Crippen molar-refractivity contribution in [3.8, 4) is 0 Å². The van der Waals surface area contributed by atoms with Crippen LogP contribution in [0.2, 0.25) is 0 Å². The fourth-order valence-electron chi connectivity index (χ4n) is 0.511. The zero-order valence-electron chi connectivity index (χ0n) is 7.89. The molecule has 0 unspecified atom stereocenters. The maximum Gasteiger partial charge on any atom is 0.291 e. The van der Waals surface area contributed by atoms with E-state index >= 15 is 0 Å². The van der Waals surface area contributed by atoms with Crippen LogP contribution in [0.15, 0.2) is 24.3 Å². The molecule has 0 aliphatic carbocycles.